The molecule has 0 aliphatic heterocycles. The van der Waals surface area contributed by atoms with Crippen molar-refractivity contribution in [2.45, 2.75) is 39.0 Å². The van der Waals surface area contributed by atoms with Crippen LogP contribution in [-0.4, -0.2) is 18.2 Å². The van der Waals surface area contributed by atoms with Gasteiger partial charge in [-0.3, -0.25) is 0 Å². The highest BCUT2D eigenvalue weighted by Gasteiger charge is 2.32. The largest absolute Gasteiger partial charge is 0.416 e. The molecule has 1 rings (SSSR count). The molecular formula is C14H20F3NO. The summed E-state index contributed by atoms with van der Waals surface area (Å²) in [6.07, 6.45) is -3.90. The molecule has 0 saturated heterocycles. The van der Waals surface area contributed by atoms with Crippen LogP contribution in [0.4, 0.5) is 13.2 Å². The lowest BCUT2D eigenvalue weighted by Gasteiger charge is -2.26. The zero-order valence-electron chi connectivity index (χ0n) is 11.4. The number of benzene rings is 1. The van der Waals surface area contributed by atoms with Crippen LogP contribution < -0.4 is 5.32 Å². The molecule has 0 saturated carbocycles. The molecule has 0 spiro atoms. The van der Waals surface area contributed by atoms with Crippen LogP contribution >= 0.6 is 0 Å². The highest BCUT2D eigenvalue weighted by atomic mass is 19.4. The van der Waals surface area contributed by atoms with E-state index in [2.05, 4.69) is 5.32 Å². The Labute approximate surface area is 111 Å². The molecule has 0 aliphatic rings. The summed E-state index contributed by atoms with van der Waals surface area (Å²) in [5, 5.41) is 13.5. The van der Waals surface area contributed by atoms with Crippen LogP contribution in [0.5, 0.6) is 0 Å². The minimum absolute atomic E-state index is 0.451. The normalized spacial score (nSPS) is 15.3. The maximum absolute atomic E-state index is 12.6. The van der Waals surface area contributed by atoms with Crippen molar-refractivity contribution in [3.63, 3.8) is 0 Å². The number of halogens is 3. The van der Waals surface area contributed by atoms with Crippen LogP contribution in [0.3, 0.4) is 0 Å². The van der Waals surface area contributed by atoms with Crippen molar-refractivity contribution in [1.82, 2.24) is 5.32 Å². The third kappa shape index (κ3) is 4.21. The molecule has 1 unspecified atom stereocenters. The van der Waals surface area contributed by atoms with E-state index in [4.69, 9.17) is 0 Å². The van der Waals surface area contributed by atoms with Crippen molar-refractivity contribution >= 4 is 0 Å². The average Bonchev–Trinajstić information content (AvgIpc) is 2.27. The smallest absolute Gasteiger partial charge is 0.385 e. The molecule has 1 aromatic rings. The lowest BCUT2D eigenvalue weighted by Crippen LogP contribution is -2.28. The van der Waals surface area contributed by atoms with Crippen LogP contribution in [0, 0.1) is 6.92 Å². The molecule has 19 heavy (non-hydrogen) atoms. The van der Waals surface area contributed by atoms with Crippen LogP contribution in [0.2, 0.25) is 0 Å². The SMILES string of the molecule is CCNCCC(C)(O)c1ccc(C(F)(F)F)cc1C. The fourth-order valence-corrected chi connectivity index (χ4v) is 2.09. The third-order valence-electron chi connectivity index (χ3n) is 3.17. The second-order valence-corrected chi connectivity index (χ2v) is 4.90. The lowest BCUT2D eigenvalue weighted by molar-refractivity contribution is -0.137. The Balaban J connectivity index is 2.95. The number of aliphatic hydroxyl groups is 1. The van der Waals surface area contributed by atoms with Gasteiger partial charge >= 0.3 is 6.18 Å². The van der Waals surface area contributed by atoms with Crippen LogP contribution in [0.15, 0.2) is 18.2 Å². The fourth-order valence-electron chi connectivity index (χ4n) is 2.09. The Morgan fingerprint density at radius 2 is 1.89 bits per heavy atom. The van der Waals surface area contributed by atoms with Gasteiger partial charge in [0.25, 0.3) is 0 Å². The summed E-state index contributed by atoms with van der Waals surface area (Å²) < 4.78 is 37.7. The minimum atomic E-state index is -4.35. The Kier molecular flexibility index (Phi) is 4.98. The molecule has 1 aromatic carbocycles. The monoisotopic (exact) mass is 275 g/mol. The molecule has 0 radical (unpaired) electrons. The Morgan fingerprint density at radius 1 is 1.26 bits per heavy atom. The number of aryl methyl sites for hydroxylation is 1. The molecule has 0 aliphatic carbocycles. The molecule has 0 bridgehead atoms. The van der Waals surface area contributed by atoms with Gasteiger partial charge in [0.1, 0.15) is 0 Å². The molecule has 0 fully saturated rings. The van der Waals surface area contributed by atoms with Gasteiger partial charge in [-0.05, 0) is 56.6 Å². The van der Waals surface area contributed by atoms with E-state index in [1.165, 1.54) is 6.07 Å². The van der Waals surface area contributed by atoms with Gasteiger partial charge in [0.2, 0.25) is 0 Å². The summed E-state index contributed by atoms with van der Waals surface area (Å²) >= 11 is 0. The standard InChI is InChI=1S/C14H20F3NO/c1-4-18-8-7-13(3,19)12-6-5-11(9-10(12)2)14(15,16)17/h5-6,9,18-19H,4,7-8H2,1-3H3. The summed E-state index contributed by atoms with van der Waals surface area (Å²) in [7, 11) is 0. The van der Waals surface area contributed by atoms with Gasteiger partial charge in [0, 0.05) is 0 Å². The van der Waals surface area contributed by atoms with E-state index >= 15 is 0 Å². The van der Waals surface area contributed by atoms with Gasteiger partial charge in [-0.2, -0.15) is 13.2 Å². The predicted molar refractivity (Wildman–Crippen MR) is 68.9 cm³/mol. The van der Waals surface area contributed by atoms with Crippen molar-refractivity contribution in [2.24, 2.45) is 0 Å². The van der Waals surface area contributed by atoms with Gasteiger partial charge in [0.15, 0.2) is 0 Å². The maximum atomic E-state index is 12.6. The molecule has 0 amide bonds. The van der Waals surface area contributed by atoms with Gasteiger partial charge in [0.05, 0.1) is 11.2 Å². The quantitative estimate of drug-likeness (QED) is 0.809. The second kappa shape index (κ2) is 5.92. The Morgan fingerprint density at radius 3 is 2.37 bits per heavy atom. The molecule has 108 valence electrons. The number of rotatable bonds is 5. The highest BCUT2D eigenvalue weighted by Crippen LogP contribution is 2.33. The molecule has 0 aromatic heterocycles. The van der Waals surface area contributed by atoms with Crippen LogP contribution in [0.25, 0.3) is 0 Å². The molecular weight excluding hydrogens is 255 g/mol. The van der Waals surface area contributed by atoms with Crippen LogP contribution in [-0.2, 0) is 11.8 Å². The zero-order chi connectivity index (χ0) is 14.7. The van der Waals surface area contributed by atoms with E-state index < -0.39 is 17.3 Å². The third-order valence-corrected chi connectivity index (χ3v) is 3.17. The highest BCUT2D eigenvalue weighted by molar-refractivity contribution is 5.36. The van der Waals surface area contributed by atoms with E-state index in [1.54, 1.807) is 13.8 Å². The van der Waals surface area contributed by atoms with Crippen LogP contribution in [0.1, 0.15) is 37.0 Å². The molecule has 0 heterocycles. The summed E-state index contributed by atoms with van der Waals surface area (Å²) in [5.41, 5.74) is -0.818. The Bertz CT molecular complexity index is 427. The molecule has 2 N–H and O–H groups in total. The second-order valence-electron chi connectivity index (χ2n) is 4.90. The summed E-state index contributed by atoms with van der Waals surface area (Å²) in [4.78, 5) is 0. The first-order chi connectivity index (χ1) is 8.68. The minimum Gasteiger partial charge on any atom is -0.385 e. The summed E-state index contributed by atoms with van der Waals surface area (Å²) in [6.45, 7) is 6.58. The first-order valence-corrected chi connectivity index (χ1v) is 6.30. The van der Waals surface area contributed by atoms with E-state index in [9.17, 15) is 18.3 Å². The number of hydrogen-bond acceptors (Lipinski definition) is 2. The van der Waals surface area contributed by atoms with Crippen molar-refractivity contribution in [3.05, 3.63) is 34.9 Å². The first-order valence-electron chi connectivity index (χ1n) is 6.30. The van der Waals surface area contributed by atoms with Gasteiger partial charge < -0.3 is 10.4 Å². The average molecular weight is 275 g/mol. The van der Waals surface area contributed by atoms with E-state index in [0.717, 1.165) is 18.7 Å². The molecule has 2 nitrogen and oxygen atoms in total. The van der Waals surface area contributed by atoms with Crippen molar-refractivity contribution in [2.75, 3.05) is 13.1 Å². The number of hydrogen-bond donors (Lipinski definition) is 2. The summed E-state index contributed by atoms with van der Waals surface area (Å²) in [5.74, 6) is 0. The predicted octanol–water partition coefficient (Wildman–Crippen LogP) is 3.22. The molecule has 5 heteroatoms. The Hall–Kier alpha value is -1.07. The van der Waals surface area contributed by atoms with Gasteiger partial charge in [-0.15, -0.1) is 0 Å². The van der Waals surface area contributed by atoms with E-state index in [0.29, 0.717) is 24.1 Å². The van der Waals surface area contributed by atoms with Gasteiger partial charge in [-0.25, -0.2) is 0 Å². The lowest BCUT2D eigenvalue weighted by atomic mass is 9.88. The number of alkyl halides is 3. The van der Waals surface area contributed by atoms with Crippen molar-refractivity contribution < 1.29 is 18.3 Å². The van der Waals surface area contributed by atoms with Crippen molar-refractivity contribution in [1.29, 1.82) is 0 Å². The van der Waals surface area contributed by atoms with E-state index in [1.807, 2.05) is 6.92 Å². The maximum Gasteiger partial charge on any atom is 0.416 e. The van der Waals surface area contributed by atoms with E-state index in [-0.39, 0.29) is 0 Å². The fraction of sp³-hybridized carbons (Fsp3) is 0.571. The summed E-state index contributed by atoms with van der Waals surface area (Å²) in [6, 6.07) is 3.46. The first kappa shape index (κ1) is 16.0. The number of nitrogens with one attached hydrogen (secondary N) is 1. The zero-order valence-corrected chi connectivity index (χ0v) is 11.4. The van der Waals surface area contributed by atoms with Gasteiger partial charge in [-0.1, -0.05) is 13.0 Å². The topological polar surface area (TPSA) is 32.3 Å². The molecule has 1 atom stereocenters. The van der Waals surface area contributed by atoms with Crippen molar-refractivity contribution in [3.8, 4) is 0 Å².